The summed E-state index contributed by atoms with van der Waals surface area (Å²) in [5.74, 6) is 5.43. The lowest BCUT2D eigenvalue weighted by Crippen LogP contribution is -2.31. The summed E-state index contributed by atoms with van der Waals surface area (Å²) in [5, 5.41) is 4.10. The van der Waals surface area contributed by atoms with Crippen molar-refractivity contribution >= 4 is 27.3 Å². The highest BCUT2D eigenvalue weighted by molar-refractivity contribution is 9.10. The lowest BCUT2D eigenvalue weighted by atomic mass is 10.2. The van der Waals surface area contributed by atoms with Crippen LogP contribution in [0.25, 0.3) is 0 Å². The molecule has 0 aliphatic heterocycles. The summed E-state index contributed by atoms with van der Waals surface area (Å²) in [6, 6.07) is 0.0700. The van der Waals surface area contributed by atoms with E-state index in [2.05, 4.69) is 26.7 Å². The van der Waals surface area contributed by atoms with Crippen LogP contribution in [0.3, 0.4) is 0 Å². The van der Waals surface area contributed by atoms with Gasteiger partial charge in [0, 0.05) is 16.5 Å². The number of ether oxygens (including phenoxy) is 1. The number of rotatable bonds is 5. The van der Waals surface area contributed by atoms with Gasteiger partial charge in [0.25, 0.3) is 0 Å². The van der Waals surface area contributed by atoms with Gasteiger partial charge in [-0.2, -0.15) is 11.3 Å². The monoisotopic (exact) mass is 264 g/mol. The molecule has 0 aliphatic rings. The van der Waals surface area contributed by atoms with Crippen LogP contribution in [0.2, 0.25) is 0 Å². The van der Waals surface area contributed by atoms with Gasteiger partial charge in [-0.15, -0.1) is 0 Å². The van der Waals surface area contributed by atoms with Gasteiger partial charge in [0.15, 0.2) is 0 Å². The third kappa shape index (κ3) is 3.03. The van der Waals surface area contributed by atoms with E-state index < -0.39 is 0 Å². The fourth-order valence-electron chi connectivity index (χ4n) is 1.00. The Bertz CT molecular complexity index is 254. The first-order valence-corrected chi connectivity index (χ1v) is 5.78. The maximum atomic E-state index is 5.43. The number of hydrazine groups is 1. The SMILES string of the molecule is CCOCC(NN)c1cscc1Br. The van der Waals surface area contributed by atoms with Gasteiger partial charge >= 0.3 is 0 Å². The second-order valence-corrected chi connectivity index (χ2v) is 4.15. The molecule has 3 nitrogen and oxygen atoms in total. The van der Waals surface area contributed by atoms with E-state index in [9.17, 15) is 0 Å². The molecule has 1 heterocycles. The lowest BCUT2D eigenvalue weighted by molar-refractivity contribution is 0.123. The molecular weight excluding hydrogens is 252 g/mol. The lowest BCUT2D eigenvalue weighted by Gasteiger charge is -2.14. The Labute approximate surface area is 90.4 Å². The Balaban J connectivity index is 2.61. The van der Waals surface area contributed by atoms with Gasteiger partial charge in [0.2, 0.25) is 0 Å². The minimum atomic E-state index is 0.0700. The summed E-state index contributed by atoms with van der Waals surface area (Å²) in [5.41, 5.74) is 3.89. The molecule has 5 heteroatoms. The predicted octanol–water partition coefficient (Wildman–Crippen LogP) is 2.05. The molecule has 0 aromatic carbocycles. The Morgan fingerprint density at radius 1 is 1.69 bits per heavy atom. The second-order valence-electron chi connectivity index (χ2n) is 2.55. The topological polar surface area (TPSA) is 47.3 Å². The van der Waals surface area contributed by atoms with Gasteiger partial charge in [0.1, 0.15) is 0 Å². The molecule has 74 valence electrons. The van der Waals surface area contributed by atoms with Crippen LogP contribution in [-0.2, 0) is 4.74 Å². The fourth-order valence-corrected chi connectivity index (χ4v) is 2.63. The van der Waals surface area contributed by atoms with E-state index in [1.165, 1.54) is 0 Å². The molecule has 0 spiro atoms. The molecule has 3 N–H and O–H groups in total. The van der Waals surface area contributed by atoms with E-state index in [1.54, 1.807) is 11.3 Å². The van der Waals surface area contributed by atoms with Crippen LogP contribution in [0.4, 0.5) is 0 Å². The van der Waals surface area contributed by atoms with Crippen molar-refractivity contribution in [2.24, 2.45) is 5.84 Å². The van der Waals surface area contributed by atoms with E-state index >= 15 is 0 Å². The summed E-state index contributed by atoms with van der Waals surface area (Å²) in [6.07, 6.45) is 0. The number of halogens is 1. The molecule has 0 fully saturated rings. The zero-order chi connectivity index (χ0) is 9.68. The number of nitrogens with one attached hydrogen (secondary N) is 1. The zero-order valence-corrected chi connectivity index (χ0v) is 9.82. The molecule has 13 heavy (non-hydrogen) atoms. The van der Waals surface area contributed by atoms with E-state index in [1.807, 2.05) is 12.3 Å². The molecule has 1 rings (SSSR count). The van der Waals surface area contributed by atoms with Gasteiger partial charge < -0.3 is 4.74 Å². The zero-order valence-electron chi connectivity index (χ0n) is 7.42. The molecule has 1 aromatic rings. The van der Waals surface area contributed by atoms with Crippen LogP contribution in [0.5, 0.6) is 0 Å². The Morgan fingerprint density at radius 2 is 2.46 bits per heavy atom. The van der Waals surface area contributed by atoms with Crippen LogP contribution in [0.15, 0.2) is 15.2 Å². The van der Waals surface area contributed by atoms with Crippen LogP contribution in [0, 0.1) is 0 Å². The minimum Gasteiger partial charge on any atom is -0.380 e. The average molecular weight is 265 g/mol. The highest BCUT2D eigenvalue weighted by atomic mass is 79.9. The largest absolute Gasteiger partial charge is 0.380 e. The third-order valence-corrected chi connectivity index (χ3v) is 3.46. The van der Waals surface area contributed by atoms with Crippen molar-refractivity contribution in [2.45, 2.75) is 13.0 Å². The van der Waals surface area contributed by atoms with Crippen LogP contribution in [-0.4, -0.2) is 13.2 Å². The van der Waals surface area contributed by atoms with E-state index in [0.29, 0.717) is 13.2 Å². The van der Waals surface area contributed by atoms with E-state index in [4.69, 9.17) is 10.6 Å². The highest BCUT2D eigenvalue weighted by Gasteiger charge is 2.13. The number of thiophene rings is 1. The van der Waals surface area contributed by atoms with Gasteiger partial charge in [0.05, 0.1) is 12.6 Å². The second kappa shape index (κ2) is 5.72. The molecule has 0 radical (unpaired) electrons. The molecule has 0 saturated carbocycles. The van der Waals surface area contributed by atoms with Crippen LogP contribution in [0.1, 0.15) is 18.5 Å². The average Bonchev–Trinajstić information content (AvgIpc) is 2.54. The Hall–Kier alpha value is 0.0600. The predicted molar refractivity (Wildman–Crippen MR) is 58.6 cm³/mol. The maximum Gasteiger partial charge on any atom is 0.0712 e. The summed E-state index contributed by atoms with van der Waals surface area (Å²) in [4.78, 5) is 0. The fraction of sp³-hybridized carbons (Fsp3) is 0.500. The molecule has 1 atom stereocenters. The van der Waals surface area contributed by atoms with Gasteiger partial charge in [-0.25, -0.2) is 0 Å². The minimum absolute atomic E-state index is 0.0700. The van der Waals surface area contributed by atoms with Crippen LogP contribution < -0.4 is 11.3 Å². The smallest absolute Gasteiger partial charge is 0.0712 e. The quantitative estimate of drug-likeness (QED) is 0.632. The number of hydrogen-bond donors (Lipinski definition) is 2. The summed E-state index contributed by atoms with van der Waals surface area (Å²) in [7, 11) is 0. The van der Waals surface area contributed by atoms with Gasteiger partial charge in [-0.3, -0.25) is 11.3 Å². The standard InChI is InChI=1S/C8H13BrN2OS/c1-2-12-3-8(11-10)6-4-13-5-7(6)9/h4-5,8,11H,2-3,10H2,1H3. The Morgan fingerprint density at radius 3 is 2.92 bits per heavy atom. The van der Waals surface area contributed by atoms with Crippen molar-refractivity contribution in [1.29, 1.82) is 0 Å². The Kier molecular flexibility index (Phi) is 4.90. The van der Waals surface area contributed by atoms with Crippen molar-refractivity contribution < 1.29 is 4.74 Å². The molecule has 0 saturated heterocycles. The van der Waals surface area contributed by atoms with E-state index in [0.717, 1.165) is 10.0 Å². The van der Waals surface area contributed by atoms with Crippen molar-refractivity contribution in [2.75, 3.05) is 13.2 Å². The van der Waals surface area contributed by atoms with Crippen molar-refractivity contribution in [1.82, 2.24) is 5.43 Å². The first-order chi connectivity index (χ1) is 6.29. The maximum absolute atomic E-state index is 5.43. The molecular formula is C8H13BrN2OS. The number of hydrogen-bond acceptors (Lipinski definition) is 4. The van der Waals surface area contributed by atoms with Crippen LogP contribution >= 0.6 is 27.3 Å². The summed E-state index contributed by atoms with van der Waals surface area (Å²) < 4.78 is 6.39. The number of nitrogens with two attached hydrogens (primary N) is 1. The first-order valence-electron chi connectivity index (χ1n) is 4.05. The van der Waals surface area contributed by atoms with Crippen molar-refractivity contribution in [3.63, 3.8) is 0 Å². The third-order valence-electron chi connectivity index (χ3n) is 1.71. The van der Waals surface area contributed by atoms with Gasteiger partial charge in [-0.05, 0) is 33.8 Å². The highest BCUT2D eigenvalue weighted by Crippen LogP contribution is 2.26. The molecule has 1 aromatic heterocycles. The molecule has 0 amide bonds. The van der Waals surface area contributed by atoms with Gasteiger partial charge in [-0.1, -0.05) is 0 Å². The summed E-state index contributed by atoms with van der Waals surface area (Å²) in [6.45, 7) is 3.28. The van der Waals surface area contributed by atoms with Crippen molar-refractivity contribution in [3.05, 3.63) is 20.8 Å². The molecule has 0 aliphatic carbocycles. The van der Waals surface area contributed by atoms with Crippen molar-refractivity contribution in [3.8, 4) is 0 Å². The molecule has 1 unspecified atom stereocenters. The summed E-state index contributed by atoms with van der Waals surface area (Å²) >= 11 is 5.10. The normalized spacial score (nSPS) is 13.2. The first kappa shape index (κ1) is 11.1. The van der Waals surface area contributed by atoms with E-state index in [-0.39, 0.29) is 6.04 Å². The molecule has 0 bridgehead atoms.